The lowest BCUT2D eigenvalue weighted by Crippen LogP contribution is -1.99. The first-order valence-corrected chi connectivity index (χ1v) is 4.35. The van der Waals surface area contributed by atoms with Crippen molar-refractivity contribution in [1.29, 1.82) is 0 Å². The van der Waals surface area contributed by atoms with Gasteiger partial charge in [0.05, 0.1) is 0 Å². The average Bonchev–Trinajstić information content (AvgIpc) is 2.10. The number of aryl methyl sites for hydroxylation is 1. The lowest BCUT2D eigenvalue weighted by atomic mass is 10.1. The van der Waals surface area contributed by atoms with Crippen LogP contribution in [0.15, 0.2) is 12.3 Å². The number of nitrogens with zero attached hydrogens (tertiary/aromatic N) is 1. The van der Waals surface area contributed by atoms with E-state index in [1.165, 1.54) is 5.56 Å². The minimum absolute atomic E-state index is 0.637. The monoisotopic (exact) mass is 174 g/mol. The molecule has 2 heteroatoms. The highest BCUT2D eigenvalue weighted by molar-refractivity contribution is 5.44. The smallest absolute Gasteiger partial charge is 0.126 e. The molecular formula is C11H14N2. The Kier molecular flexibility index (Phi) is 3.33. The number of hydrogen-bond donors (Lipinski definition) is 1. The van der Waals surface area contributed by atoms with E-state index in [1.807, 2.05) is 19.9 Å². The lowest BCUT2D eigenvalue weighted by Gasteiger charge is -2.05. The zero-order valence-electron chi connectivity index (χ0n) is 8.09. The molecule has 0 bridgehead atoms. The van der Waals surface area contributed by atoms with Crippen molar-refractivity contribution in [1.82, 2.24) is 4.98 Å². The highest BCUT2D eigenvalue weighted by atomic mass is 14.8. The Balaban J connectivity index is 2.79. The van der Waals surface area contributed by atoms with Crippen molar-refractivity contribution in [2.75, 3.05) is 5.73 Å². The molecule has 2 N–H and O–H groups in total. The summed E-state index contributed by atoms with van der Waals surface area (Å²) in [6.45, 7) is 3.90. The van der Waals surface area contributed by atoms with Gasteiger partial charge in [0.15, 0.2) is 0 Å². The van der Waals surface area contributed by atoms with Crippen molar-refractivity contribution in [2.24, 2.45) is 0 Å². The second-order valence-electron chi connectivity index (χ2n) is 2.92. The third-order valence-electron chi connectivity index (χ3n) is 2.00. The molecule has 0 spiro atoms. The lowest BCUT2D eigenvalue weighted by molar-refractivity contribution is 0.999. The maximum absolute atomic E-state index is 5.74. The van der Waals surface area contributed by atoms with Crippen LogP contribution in [0.3, 0.4) is 0 Å². The van der Waals surface area contributed by atoms with Gasteiger partial charge in [0.25, 0.3) is 0 Å². The van der Waals surface area contributed by atoms with E-state index in [0.717, 1.165) is 18.4 Å². The Morgan fingerprint density at radius 1 is 1.54 bits per heavy atom. The van der Waals surface area contributed by atoms with Crippen LogP contribution >= 0.6 is 0 Å². The van der Waals surface area contributed by atoms with Crippen LogP contribution in [0.4, 0.5) is 5.82 Å². The van der Waals surface area contributed by atoms with Gasteiger partial charge in [-0.05, 0) is 37.5 Å². The molecule has 0 unspecified atom stereocenters. The van der Waals surface area contributed by atoms with Crippen molar-refractivity contribution >= 4 is 5.82 Å². The molecule has 0 saturated heterocycles. The highest BCUT2D eigenvalue weighted by Gasteiger charge is 2.01. The maximum Gasteiger partial charge on any atom is 0.126 e. The fourth-order valence-electron chi connectivity index (χ4n) is 1.25. The van der Waals surface area contributed by atoms with Gasteiger partial charge in [-0.1, -0.05) is 0 Å². The molecule has 1 aromatic rings. The van der Waals surface area contributed by atoms with Crippen molar-refractivity contribution in [3.8, 4) is 11.8 Å². The van der Waals surface area contributed by atoms with Gasteiger partial charge in [0, 0.05) is 12.6 Å². The summed E-state index contributed by atoms with van der Waals surface area (Å²) in [5, 5.41) is 0. The summed E-state index contributed by atoms with van der Waals surface area (Å²) in [5.74, 6) is 6.52. The summed E-state index contributed by atoms with van der Waals surface area (Å²) in [7, 11) is 0. The minimum Gasteiger partial charge on any atom is -0.383 e. The van der Waals surface area contributed by atoms with Crippen LogP contribution in [0, 0.1) is 18.8 Å². The summed E-state index contributed by atoms with van der Waals surface area (Å²) >= 11 is 0. The Morgan fingerprint density at radius 3 is 2.92 bits per heavy atom. The van der Waals surface area contributed by atoms with E-state index in [4.69, 9.17) is 5.73 Å². The number of aromatic nitrogens is 1. The number of nitrogens with two attached hydrogens (primary N) is 1. The largest absolute Gasteiger partial charge is 0.383 e. The zero-order chi connectivity index (χ0) is 9.68. The molecule has 0 fully saturated rings. The van der Waals surface area contributed by atoms with Crippen LogP contribution in [0.1, 0.15) is 24.5 Å². The van der Waals surface area contributed by atoms with E-state index >= 15 is 0 Å². The molecule has 0 aliphatic carbocycles. The van der Waals surface area contributed by atoms with Crippen LogP contribution in [0.5, 0.6) is 0 Å². The summed E-state index contributed by atoms with van der Waals surface area (Å²) in [5.41, 5.74) is 8.07. The second kappa shape index (κ2) is 4.51. The number of rotatable bonds is 2. The van der Waals surface area contributed by atoms with Gasteiger partial charge in [-0.3, -0.25) is 0 Å². The fraction of sp³-hybridized carbons (Fsp3) is 0.364. The first-order chi connectivity index (χ1) is 6.25. The predicted molar refractivity (Wildman–Crippen MR) is 55.2 cm³/mol. The SMILES string of the molecule is CC#CCCc1c(C)ccnc1N. The molecule has 0 aliphatic rings. The molecule has 0 radical (unpaired) electrons. The molecule has 0 amide bonds. The summed E-state index contributed by atoms with van der Waals surface area (Å²) in [4.78, 5) is 4.05. The Morgan fingerprint density at radius 2 is 2.31 bits per heavy atom. The molecule has 0 aliphatic heterocycles. The van der Waals surface area contributed by atoms with Crippen molar-refractivity contribution in [2.45, 2.75) is 26.7 Å². The summed E-state index contributed by atoms with van der Waals surface area (Å²) < 4.78 is 0. The second-order valence-corrected chi connectivity index (χ2v) is 2.92. The first kappa shape index (κ1) is 9.60. The molecule has 1 rings (SSSR count). The normalized spacial score (nSPS) is 9.08. The van der Waals surface area contributed by atoms with Crippen LogP contribution in [0.25, 0.3) is 0 Å². The van der Waals surface area contributed by atoms with Gasteiger partial charge < -0.3 is 5.73 Å². The summed E-state index contributed by atoms with van der Waals surface area (Å²) in [6, 6.07) is 1.98. The van der Waals surface area contributed by atoms with Gasteiger partial charge in [-0.15, -0.1) is 11.8 Å². The van der Waals surface area contributed by atoms with Gasteiger partial charge >= 0.3 is 0 Å². The van der Waals surface area contributed by atoms with Crippen LogP contribution < -0.4 is 5.73 Å². The molecule has 0 saturated carbocycles. The van der Waals surface area contributed by atoms with E-state index in [0.29, 0.717) is 5.82 Å². The number of pyridine rings is 1. The number of nitrogen functional groups attached to an aromatic ring is 1. The van der Waals surface area contributed by atoms with E-state index in [9.17, 15) is 0 Å². The maximum atomic E-state index is 5.74. The van der Waals surface area contributed by atoms with Crippen molar-refractivity contribution in [3.05, 3.63) is 23.4 Å². The van der Waals surface area contributed by atoms with Crippen LogP contribution in [0.2, 0.25) is 0 Å². The van der Waals surface area contributed by atoms with Crippen LogP contribution in [-0.2, 0) is 6.42 Å². The van der Waals surface area contributed by atoms with E-state index < -0.39 is 0 Å². The fourth-order valence-corrected chi connectivity index (χ4v) is 1.25. The van der Waals surface area contributed by atoms with Gasteiger partial charge in [0.1, 0.15) is 5.82 Å². The molecule has 68 valence electrons. The third kappa shape index (κ3) is 2.48. The molecule has 0 aromatic carbocycles. The molecule has 0 atom stereocenters. The molecule has 1 aromatic heterocycles. The topological polar surface area (TPSA) is 38.9 Å². The first-order valence-electron chi connectivity index (χ1n) is 4.35. The van der Waals surface area contributed by atoms with E-state index in [-0.39, 0.29) is 0 Å². The third-order valence-corrected chi connectivity index (χ3v) is 2.00. The van der Waals surface area contributed by atoms with Gasteiger partial charge in [0.2, 0.25) is 0 Å². The number of hydrogen-bond acceptors (Lipinski definition) is 2. The predicted octanol–water partition coefficient (Wildman–Crippen LogP) is 1.93. The summed E-state index contributed by atoms with van der Waals surface area (Å²) in [6.07, 6.45) is 3.49. The Labute approximate surface area is 79.2 Å². The average molecular weight is 174 g/mol. The Hall–Kier alpha value is -1.49. The van der Waals surface area contributed by atoms with Gasteiger partial charge in [-0.2, -0.15) is 0 Å². The Bertz CT molecular complexity index is 325. The number of anilines is 1. The zero-order valence-corrected chi connectivity index (χ0v) is 8.09. The molecule has 1 heterocycles. The quantitative estimate of drug-likeness (QED) is 0.696. The molecule has 13 heavy (non-hydrogen) atoms. The van der Waals surface area contributed by atoms with Gasteiger partial charge in [-0.25, -0.2) is 4.98 Å². The molecule has 2 nitrogen and oxygen atoms in total. The highest BCUT2D eigenvalue weighted by Crippen LogP contribution is 2.14. The van der Waals surface area contributed by atoms with Crippen molar-refractivity contribution < 1.29 is 0 Å². The van der Waals surface area contributed by atoms with E-state index in [1.54, 1.807) is 6.20 Å². The molecular weight excluding hydrogens is 160 g/mol. The van der Waals surface area contributed by atoms with E-state index in [2.05, 4.69) is 16.8 Å². The van der Waals surface area contributed by atoms with Crippen molar-refractivity contribution in [3.63, 3.8) is 0 Å². The minimum atomic E-state index is 0.637. The standard InChI is InChI=1S/C11H14N2/c1-3-4-5-6-10-9(2)7-8-13-11(10)12/h7-8H,5-6H2,1-2H3,(H2,12,13). The van der Waals surface area contributed by atoms with Crippen LogP contribution in [-0.4, -0.2) is 4.98 Å².